The first-order valence-corrected chi connectivity index (χ1v) is 9.16. The molecule has 0 saturated heterocycles. The molecular weight excluding hydrogens is 336 g/mol. The molecule has 27 heavy (non-hydrogen) atoms. The van der Waals surface area contributed by atoms with Gasteiger partial charge in [-0.05, 0) is 24.5 Å². The Morgan fingerprint density at radius 2 is 1.63 bits per heavy atom. The zero-order chi connectivity index (χ0) is 19.1. The minimum Gasteiger partial charge on any atom is -0.351 e. The van der Waals surface area contributed by atoms with Crippen molar-refractivity contribution in [1.29, 1.82) is 0 Å². The fraction of sp³-hybridized carbons (Fsp3) is 0.227. The summed E-state index contributed by atoms with van der Waals surface area (Å²) in [6.07, 6.45) is 0.928. The van der Waals surface area contributed by atoms with Crippen molar-refractivity contribution in [1.82, 2.24) is 15.3 Å². The van der Waals surface area contributed by atoms with E-state index in [2.05, 4.69) is 34.4 Å². The van der Waals surface area contributed by atoms with Crippen molar-refractivity contribution in [2.45, 2.75) is 20.3 Å². The lowest BCUT2D eigenvalue weighted by atomic mass is 10.1. The van der Waals surface area contributed by atoms with E-state index in [1.807, 2.05) is 60.7 Å². The van der Waals surface area contributed by atoms with E-state index in [9.17, 15) is 4.79 Å². The normalized spacial score (nSPS) is 10.6. The molecule has 1 aromatic heterocycles. The largest absolute Gasteiger partial charge is 0.351 e. The summed E-state index contributed by atoms with van der Waals surface area (Å²) in [7, 11) is 0. The van der Waals surface area contributed by atoms with E-state index < -0.39 is 0 Å². The summed E-state index contributed by atoms with van der Waals surface area (Å²) in [4.78, 5) is 21.7. The van der Waals surface area contributed by atoms with Crippen LogP contribution in [0.2, 0.25) is 0 Å². The molecule has 0 aliphatic heterocycles. The molecule has 0 fully saturated rings. The molecule has 2 aromatic carbocycles. The third-order valence-corrected chi connectivity index (χ3v) is 4.04. The predicted molar refractivity (Wildman–Crippen MR) is 109 cm³/mol. The molecule has 3 aromatic rings. The Morgan fingerprint density at radius 3 is 2.30 bits per heavy atom. The van der Waals surface area contributed by atoms with Crippen LogP contribution in [0.25, 0.3) is 11.4 Å². The lowest BCUT2D eigenvalue weighted by molar-refractivity contribution is 0.0947. The first-order chi connectivity index (χ1) is 13.1. The number of carbonyl (C=O) groups excluding carboxylic acids is 1. The number of amides is 1. The highest BCUT2D eigenvalue weighted by Crippen LogP contribution is 2.20. The van der Waals surface area contributed by atoms with Gasteiger partial charge in [-0.2, -0.15) is 0 Å². The molecule has 2 N–H and O–H groups in total. The monoisotopic (exact) mass is 360 g/mol. The molecule has 0 spiro atoms. The summed E-state index contributed by atoms with van der Waals surface area (Å²) in [6, 6.07) is 21.1. The predicted octanol–water partition coefficient (Wildman–Crippen LogP) is 4.66. The zero-order valence-electron chi connectivity index (χ0n) is 15.6. The summed E-state index contributed by atoms with van der Waals surface area (Å²) in [5, 5.41) is 6.20. The smallest absolute Gasteiger partial charge is 0.270 e. The van der Waals surface area contributed by atoms with Gasteiger partial charge in [-0.15, -0.1) is 0 Å². The molecule has 0 atom stereocenters. The Bertz CT molecular complexity index is 879. The van der Waals surface area contributed by atoms with Crippen molar-refractivity contribution < 1.29 is 4.79 Å². The first-order valence-electron chi connectivity index (χ1n) is 9.16. The number of para-hydroxylation sites is 1. The van der Waals surface area contributed by atoms with Crippen LogP contribution in [0.3, 0.4) is 0 Å². The highest BCUT2D eigenvalue weighted by molar-refractivity contribution is 5.93. The maximum atomic E-state index is 12.6. The standard InChI is InChI=1S/C22H24N4O/c1-16(2)13-14-23-22(27)19-15-20(24-18-11-7-4-8-12-18)26-21(25-19)17-9-5-3-6-10-17/h3-12,15-16H,13-14H2,1-2H3,(H,23,27)(H,24,25,26). The van der Waals surface area contributed by atoms with Gasteiger partial charge in [0.25, 0.3) is 5.91 Å². The molecular formula is C22H24N4O. The Labute approximate surface area is 159 Å². The number of anilines is 2. The van der Waals surface area contributed by atoms with Gasteiger partial charge >= 0.3 is 0 Å². The number of nitrogens with one attached hydrogen (secondary N) is 2. The van der Waals surface area contributed by atoms with Gasteiger partial charge in [0.15, 0.2) is 5.82 Å². The van der Waals surface area contributed by atoms with E-state index in [0.717, 1.165) is 17.7 Å². The molecule has 0 unspecified atom stereocenters. The number of nitrogens with zero attached hydrogens (tertiary/aromatic N) is 2. The van der Waals surface area contributed by atoms with Crippen molar-refractivity contribution >= 4 is 17.4 Å². The Morgan fingerprint density at radius 1 is 0.963 bits per heavy atom. The van der Waals surface area contributed by atoms with E-state index in [0.29, 0.717) is 29.8 Å². The fourth-order valence-electron chi connectivity index (χ4n) is 2.58. The Balaban J connectivity index is 1.89. The van der Waals surface area contributed by atoms with Crippen LogP contribution >= 0.6 is 0 Å². The Hall–Kier alpha value is -3.21. The topological polar surface area (TPSA) is 66.9 Å². The van der Waals surface area contributed by atoms with Gasteiger partial charge in [0.1, 0.15) is 11.5 Å². The molecule has 0 aliphatic rings. The van der Waals surface area contributed by atoms with E-state index >= 15 is 0 Å². The van der Waals surface area contributed by atoms with E-state index in [1.165, 1.54) is 0 Å². The second-order valence-electron chi connectivity index (χ2n) is 6.76. The SMILES string of the molecule is CC(C)CCNC(=O)c1cc(Nc2ccccc2)nc(-c2ccccc2)n1. The summed E-state index contributed by atoms with van der Waals surface area (Å²) >= 11 is 0. The molecule has 5 heteroatoms. The zero-order valence-corrected chi connectivity index (χ0v) is 15.6. The van der Waals surface area contributed by atoms with Crippen LogP contribution in [0, 0.1) is 5.92 Å². The van der Waals surface area contributed by atoms with Gasteiger partial charge in [0.2, 0.25) is 0 Å². The number of rotatable bonds is 7. The highest BCUT2D eigenvalue weighted by atomic mass is 16.1. The van der Waals surface area contributed by atoms with Gasteiger partial charge in [0.05, 0.1) is 0 Å². The van der Waals surface area contributed by atoms with Crippen molar-refractivity contribution in [2.75, 3.05) is 11.9 Å². The molecule has 0 aliphatic carbocycles. The van der Waals surface area contributed by atoms with Crippen LogP contribution in [0.1, 0.15) is 30.8 Å². The minimum atomic E-state index is -0.189. The van der Waals surface area contributed by atoms with Gasteiger partial charge < -0.3 is 10.6 Å². The number of carbonyl (C=O) groups is 1. The van der Waals surface area contributed by atoms with E-state index in [-0.39, 0.29) is 5.91 Å². The van der Waals surface area contributed by atoms with Crippen molar-refractivity contribution in [3.05, 3.63) is 72.4 Å². The highest BCUT2D eigenvalue weighted by Gasteiger charge is 2.13. The van der Waals surface area contributed by atoms with Crippen molar-refractivity contribution in [3.63, 3.8) is 0 Å². The average Bonchev–Trinajstić information content (AvgIpc) is 2.69. The molecule has 5 nitrogen and oxygen atoms in total. The summed E-state index contributed by atoms with van der Waals surface area (Å²) in [5.41, 5.74) is 2.12. The Kier molecular flexibility index (Phi) is 6.15. The first kappa shape index (κ1) is 18.6. The van der Waals surface area contributed by atoms with Crippen LogP contribution in [-0.2, 0) is 0 Å². The van der Waals surface area contributed by atoms with Crippen LogP contribution in [-0.4, -0.2) is 22.4 Å². The minimum absolute atomic E-state index is 0.189. The van der Waals surface area contributed by atoms with Crippen LogP contribution in [0.5, 0.6) is 0 Å². The number of hydrogen-bond acceptors (Lipinski definition) is 4. The molecule has 3 rings (SSSR count). The molecule has 0 saturated carbocycles. The van der Waals surface area contributed by atoms with Crippen LogP contribution < -0.4 is 10.6 Å². The third kappa shape index (κ3) is 5.38. The molecule has 138 valence electrons. The molecule has 1 amide bonds. The molecule has 0 radical (unpaired) electrons. The average molecular weight is 360 g/mol. The number of benzene rings is 2. The lowest BCUT2D eigenvalue weighted by Crippen LogP contribution is -2.26. The maximum absolute atomic E-state index is 12.6. The van der Waals surface area contributed by atoms with Gasteiger partial charge in [-0.1, -0.05) is 62.4 Å². The lowest BCUT2D eigenvalue weighted by Gasteiger charge is -2.11. The second-order valence-corrected chi connectivity index (χ2v) is 6.76. The van der Waals surface area contributed by atoms with Crippen LogP contribution in [0.15, 0.2) is 66.7 Å². The molecule has 1 heterocycles. The summed E-state index contributed by atoms with van der Waals surface area (Å²) in [5.74, 6) is 1.45. The van der Waals surface area contributed by atoms with Crippen LogP contribution in [0.4, 0.5) is 11.5 Å². The fourth-order valence-corrected chi connectivity index (χ4v) is 2.58. The van der Waals surface area contributed by atoms with Crippen molar-refractivity contribution in [3.8, 4) is 11.4 Å². The number of hydrogen-bond donors (Lipinski definition) is 2. The van der Waals surface area contributed by atoms with Gasteiger partial charge in [-0.3, -0.25) is 4.79 Å². The summed E-state index contributed by atoms with van der Waals surface area (Å²) in [6.45, 7) is 4.89. The van der Waals surface area contributed by atoms with Crippen molar-refractivity contribution in [2.24, 2.45) is 5.92 Å². The van der Waals surface area contributed by atoms with Gasteiger partial charge in [0, 0.05) is 23.9 Å². The number of aromatic nitrogens is 2. The quantitative estimate of drug-likeness (QED) is 0.643. The molecule has 0 bridgehead atoms. The summed E-state index contributed by atoms with van der Waals surface area (Å²) < 4.78 is 0. The van der Waals surface area contributed by atoms with E-state index in [1.54, 1.807) is 6.07 Å². The maximum Gasteiger partial charge on any atom is 0.270 e. The van der Waals surface area contributed by atoms with Gasteiger partial charge in [-0.25, -0.2) is 9.97 Å². The van der Waals surface area contributed by atoms with E-state index in [4.69, 9.17) is 0 Å². The second kappa shape index (κ2) is 8.94. The third-order valence-electron chi connectivity index (χ3n) is 4.04.